The number of carbonyl (C=O) groups is 1. The Labute approximate surface area is 169 Å². The summed E-state index contributed by atoms with van der Waals surface area (Å²) in [7, 11) is 3.17. The van der Waals surface area contributed by atoms with E-state index < -0.39 is 0 Å². The summed E-state index contributed by atoms with van der Waals surface area (Å²) in [4.78, 5) is 12.5. The number of nitrogens with one attached hydrogen (secondary N) is 1. The zero-order chi connectivity index (χ0) is 19.9. The van der Waals surface area contributed by atoms with Gasteiger partial charge in [-0.3, -0.25) is 4.79 Å². The Morgan fingerprint density at radius 2 is 1.75 bits per heavy atom. The number of amides is 1. The summed E-state index contributed by atoms with van der Waals surface area (Å²) in [6, 6.07) is 5.65. The van der Waals surface area contributed by atoms with Crippen molar-refractivity contribution < 1.29 is 18.7 Å². The van der Waals surface area contributed by atoms with E-state index in [9.17, 15) is 4.79 Å². The summed E-state index contributed by atoms with van der Waals surface area (Å²) >= 11 is 1.27. The van der Waals surface area contributed by atoms with Crippen LogP contribution < -0.4 is 14.8 Å². The van der Waals surface area contributed by atoms with Crippen LogP contribution in [0.15, 0.2) is 27.8 Å². The van der Waals surface area contributed by atoms with Crippen molar-refractivity contribution >= 4 is 17.7 Å². The van der Waals surface area contributed by atoms with Crippen LogP contribution in [-0.4, -0.2) is 41.6 Å². The average molecular weight is 406 g/mol. The van der Waals surface area contributed by atoms with Gasteiger partial charge in [-0.25, -0.2) is 0 Å². The maximum absolute atomic E-state index is 12.5. The van der Waals surface area contributed by atoms with Crippen molar-refractivity contribution in [2.45, 2.75) is 62.0 Å². The number of hydrogen-bond acceptors (Lipinski definition) is 7. The van der Waals surface area contributed by atoms with Gasteiger partial charge >= 0.3 is 0 Å². The van der Waals surface area contributed by atoms with E-state index in [2.05, 4.69) is 15.5 Å². The number of aromatic nitrogens is 2. The van der Waals surface area contributed by atoms with E-state index in [1.165, 1.54) is 37.4 Å². The van der Waals surface area contributed by atoms with Crippen LogP contribution >= 0.6 is 11.8 Å². The lowest BCUT2D eigenvalue weighted by Gasteiger charge is -2.18. The quantitative estimate of drug-likeness (QED) is 0.549. The normalized spacial score (nSPS) is 16.2. The second kappa shape index (κ2) is 9.82. The van der Waals surface area contributed by atoms with Crippen molar-refractivity contribution in [3.8, 4) is 23.0 Å². The van der Waals surface area contributed by atoms with E-state index in [0.29, 0.717) is 28.2 Å². The molecule has 1 aromatic heterocycles. The molecule has 1 aliphatic rings. The zero-order valence-corrected chi connectivity index (χ0v) is 17.4. The molecule has 8 heteroatoms. The summed E-state index contributed by atoms with van der Waals surface area (Å²) in [5.41, 5.74) is 0.700. The van der Waals surface area contributed by atoms with Gasteiger partial charge in [0.15, 0.2) is 0 Å². The Bertz CT molecular complexity index is 765. The summed E-state index contributed by atoms with van der Waals surface area (Å²) in [6.45, 7) is 1.86. The third kappa shape index (κ3) is 5.41. The number of hydrogen-bond donors (Lipinski definition) is 1. The van der Waals surface area contributed by atoms with Gasteiger partial charge in [0.1, 0.15) is 11.5 Å². The van der Waals surface area contributed by atoms with Gasteiger partial charge in [0, 0.05) is 17.7 Å². The Morgan fingerprint density at radius 3 is 2.36 bits per heavy atom. The van der Waals surface area contributed by atoms with Crippen LogP contribution in [-0.2, 0) is 4.79 Å². The molecule has 0 radical (unpaired) electrons. The number of methoxy groups -OCH3 is 2. The van der Waals surface area contributed by atoms with Gasteiger partial charge in [-0.2, -0.15) is 0 Å². The Balaban J connectivity index is 1.63. The smallest absolute Gasteiger partial charge is 0.277 e. The van der Waals surface area contributed by atoms with Gasteiger partial charge < -0.3 is 19.2 Å². The molecule has 1 N–H and O–H groups in total. The van der Waals surface area contributed by atoms with Crippen molar-refractivity contribution in [2.24, 2.45) is 0 Å². The molecule has 1 atom stereocenters. The van der Waals surface area contributed by atoms with Crippen molar-refractivity contribution in [1.82, 2.24) is 15.5 Å². The van der Waals surface area contributed by atoms with Crippen LogP contribution in [0.25, 0.3) is 11.5 Å². The number of carbonyl (C=O) groups excluding carboxylic acids is 1. The Hall–Kier alpha value is -2.22. The minimum atomic E-state index is -0.309. The zero-order valence-electron chi connectivity index (χ0n) is 16.6. The summed E-state index contributed by atoms with van der Waals surface area (Å²) in [5.74, 6) is 1.64. The molecular formula is C20H27N3O4S. The van der Waals surface area contributed by atoms with Crippen LogP contribution in [0.5, 0.6) is 11.5 Å². The van der Waals surface area contributed by atoms with Gasteiger partial charge in [0.25, 0.3) is 5.22 Å². The predicted molar refractivity (Wildman–Crippen MR) is 108 cm³/mol. The monoisotopic (exact) mass is 405 g/mol. The van der Waals surface area contributed by atoms with E-state index in [4.69, 9.17) is 13.9 Å². The fourth-order valence-electron chi connectivity index (χ4n) is 3.25. The van der Waals surface area contributed by atoms with E-state index in [1.807, 2.05) is 6.92 Å². The summed E-state index contributed by atoms with van der Waals surface area (Å²) < 4.78 is 16.3. The molecule has 1 aromatic carbocycles. The molecule has 28 heavy (non-hydrogen) atoms. The van der Waals surface area contributed by atoms with Crippen molar-refractivity contribution in [1.29, 1.82) is 0 Å². The molecule has 0 aliphatic heterocycles. The highest BCUT2D eigenvalue weighted by molar-refractivity contribution is 8.00. The van der Waals surface area contributed by atoms with Crippen LogP contribution in [0.3, 0.4) is 0 Å². The Morgan fingerprint density at radius 1 is 1.11 bits per heavy atom. The molecule has 2 aromatic rings. The first-order chi connectivity index (χ1) is 13.6. The first-order valence-corrected chi connectivity index (χ1v) is 10.5. The second-order valence-corrected chi connectivity index (χ2v) is 8.22. The maximum Gasteiger partial charge on any atom is 0.277 e. The SMILES string of the molecule is COc1cc(OC)cc(-c2nnc(S[C@H](C)C(=O)NC3CCCCCC3)o2)c1. The number of benzene rings is 1. The highest BCUT2D eigenvalue weighted by Gasteiger charge is 2.22. The molecule has 0 spiro atoms. The summed E-state index contributed by atoms with van der Waals surface area (Å²) in [5, 5.41) is 11.4. The van der Waals surface area contributed by atoms with E-state index in [1.54, 1.807) is 32.4 Å². The third-order valence-electron chi connectivity index (χ3n) is 4.85. The fourth-order valence-corrected chi connectivity index (χ4v) is 3.94. The molecule has 0 bridgehead atoms. The lowest BCUT2D eigenvalue weighted by atomic mass is 10.1. The van der Waals surface area contributed by atoms with Gasteiger partial charge in [0.05, 0.1) is 19.5 Å². The minimum Gasteiger partial charge on any atom is -0.497 e. The van der Waals surface area contributed by atoms with E-state index in [0.717, 1.165) is 12.8 Å². The van der Waals surface area contributed by atoms with E-state index in [-0.39, 0.29) is 17.2 Å². The first kappa shape index (κ1) is 20.5. The van der Waals surface area contributed by atoms with Crippen LogP contribution in [0.1, 0.15) is 45.4 Å². The molecule has 7 nitrogen and oxygen atoms in total. The van der Waals surface area contributed by atoms with Gasteiger partial charge in [-0.15, -0.1) is 10.2 Å². The summed E-state index contributed by atoms with van der Waals surface area (Å²) in [6.07, 6.45) is 7.01. The molecule has 1 aliphatic carbocycles. The largest absolute Gasteiger partial charge is 0.497 e. The highest BCUT2D eigenvalue weighted by atomic mass is 32.2. The first-order valence-electron chi connectivity index (χ1n) is 9.63. The van der Waals surface area contributed by atoms with Gasteiger partial charge in [-0.05, 0) is 31.9 Å². The second-order valence-electron chi connectivity index (χ2n) is 6.93. The van der Waals surface area contributed by atoms with Crippen LogP contribution in [0, 0.1) is 0 Å². The highest BCUT2D eigenvalue weighted by Crippen LogP contribution is 2.31. The molecule has 152 valence electrons. The molecule has 1 heterocycles. The predicted octanol–water partition coefficient (Wildman–Crippen LogP) is 4.07. The molecule has 0 saturated heterocycles. The van der Waals surface area contributed by atoms with Crippen LogP contribution in [0.2, 0.25) is 0 Å². The molecule has 1 amide bonds. The number of thioether (sulfide) groups is 1. The molecule has 3 rings (SSSR count). The van der Waals surface area contributed by atoms with Crippen molar-refractivity contribution in [3.05, 3.63) is 18.2 Å². The number of ether oxygens (including phenoxy) is 2. The lowest BCUT2D eigenvalue weighted by Crippen LogP contribution is -2.39. The molecule has 1 fully saturated rings. The van der Waals surface area contributed by atoms with Crippen molar-refractivity contribution in [2.75, 3.05) is 14.2 Å². The fraction of sp³-hybridized carbons (Fsp3) is 0.550. The average Bonchev–Trinajstić information content (AvgIpc) is 3.03. The van der Waals surface area contributed by atoms with Gasteiger partial charge in [-0.1, -0.05) is 37.4 Å². The minimum absolute atomic E-state index is 0.0136. The van der Waals surface area contributed by atoms with E-state index >= 15 is 0 Å². The molecule has 1 saturated carbocycles. The Kier molecular flexibility index (Phi) is 7.19. The number of nitrogens with zero attached hydrogens (tertiary/aromatic N) is 2. The topological polar surface area (TPSA) is 86.5 Å². The van der Waals surface area contributed by atoms with Gasteiger partial charge in [0.2, 0.25) is 11.8 Å². The molecular weight excluding hydrogens is 378 g/mol. The van der Waals surface area contributed by atoms with Crippen molar-refractivity contribution in [3.63, 3.8) is 0 Å². The van der Waals surface area contributed by atoms with Crippen LogP contribution in [0.4, 0.5) is 0 Å². The maximum atomic E-state index is 12.5. The standard InChI is InChI=1S/C20H27N3O4S/c1-13(18(24)21-15-8-6-4-5-7-9-15)28-20-23-22-19(27-20)14-10-16(25-2)12-17(11-14)26-3/h10-13,15H,4-9H2,1-3H3,(H,21,24)/t13-/m1/s1. The molecule has 0 unspecified atom stereocenters. The third-order valence-corrected chi connectivity index (χ3v) is 5.79. The lowest BCUT2D eigenvalue weighted by molar-refractivity contribution is -0.121. The number of rotatable bonds is 7.